The molecule has 5 amide bonds. The first kappa shape index (κ1) is 36.6. The third-order valence-electron chi connectivity index (χ3n) is 11.6. The lowest BCUT2D eigenvalue weighted by Gasteiger charge is -2.35. The van der Waals surface area contributed by atoms with Gasteiger partial charge in [0.25, 0.3) is 5.91 Å². The second kappa shape index (κ2) is 15.8. The number of halogens is 1. The highest BCUT2D eigenvalue weighted by molar-refractivity contribution is 6.31. The van der Waals surface area contributed by atoms with Crippen molar-refractivity contribution in [2.45, 2.75) is 76.1 Å². The molecule has 0 spiro atoms. The molecule has 284 valence electrons. The second-order valence-corrected chi connectivity index (χ2v) is 15.5. The van der Waals surface area contributed by atoms with Crippen molar-refractivity contribution in [2.75, 3.05) is 37.6 Å². The van der Waals surface area contributed by atoms with Gasteiger partial charge in [-0.15, -0.1) is 0 Å². The van der Waals surface area contributed by atoms with E-state index < -0.39 is 0 Å². The molecule has 13 heteroatoms. The summed E-state index contributed by atoms with van der Waals surface area (Å²) >= 11 is 6.16. The molecule has 3 fully saturated rings. The van der Waals surface area contributed by atoms with Crippen LogP contribution in [-0.4, -0.2) is 83.0 Å². The van der Waals surface area contributed by atoms with E-state index in [0.29, 0.717) is 54.5 Å². The number of hydrogen-bond donors (Lipinski definition) is 2. The average Bonchev–Trinajstić information content (AvgIpc) is 3.63. The molecule has 3 aliphatic heterocycles. The number of ether oxygens (including phenoxy) is 1. The van der Waals surface area contributed by atoms with Gasteiger partial charge in [0.05, 0.1) is 34.4 Å². The lowest BCUT2D eigenvalue weighted by molar-refractivity contribution is -0.133. The molecule has 0 radical (unpaired) electrons. The Hall–Kier alpha value is -5.38. The van der Waals surface area contributed by atoms with Crippen molar-refractivity contribution in [1.82, 2.24) is 25.0 Å². The number of imide groups is 1. The minimum Gasteiger partial charge on any atom is -0.490 e. The third-order valence-corrected chi connectivity index (χ3v) is 11.9. The van der Waals surface area contributed by atoms with Crippen LogP contribution < -0.4 is 20.3 Å². The van der Waals surface area contributed by atoms with Gasteiger partial charge in [0.1, 0.15) is 11.8 Å². The normalized spacial score (nSPS) is 20.8. The fourth-order valence-electron chi connectivity index (χ4n) is 8.52. The SMILES string of the molecule is N#Cc1ccc(OC2CCC(NC(=O)c3ccc4c(c3)CCN(C(=O)CN3CCC(n5ccc6c(N7CCC(=O)NC7=O)cccc65)CC3)C4)CC2)cc1Cl. The molecule has 0 bridgehead atoms. The first-order valence-electron chi connectivity index (χ1n) is 19.2. The number of amides is 5. The Bertz CT molecular complexity index is 2180. The summed E-state index contributed by atoms with van der Waals surface area (Å²) in [4.78, 5) is 56.8. The van der Waals surface area contributed by atoms with Gasteiger partial charge in [-0.2, -0.15) is 5.26 Å². The van der Waals surface area contributed by atoms with Gasteiger partial charge in [-0.1, -0.05) is 23.7 Å². The summed E-state index contributed by atoms with van der Waals surface area (Å²) in [6, 6.07) is 21.0. The van der Waals surface area contributed by atoms with E-state index in [1.165, 1.54) is 0 Å². The van der Waals surface area contributed by atoms with Crippen LogP contribution in [-0.2, 0) is 22.6 Å². The average molecular weight is 762 g/mol. The number of likely N-dealkylation sites (tertiary alicyclic amines) is 1. The van der Waals surface area contributed by atoms with Crippen molar-refractivity contribution in [1.29, 1.82) is 5.26 Å². The van der Waals surface area contributed by atoms with Gasteiger partial charge in [-0.05, 0) is 98.5 Å². The monoisotopic (exact) mass is 761 g/mol. The number of benzene rings is 3. The number of nitrogens with one attached hydrogen (secondary N) is 2. The second-order valence-electron chi connectivity index (χ2n) is 15.1. The van der Waals surface area contributed by atoms with Crippen LogP contribution in [0.4, 0.5) is 10.5 Å². The number of anilines is 1. The van der Waals surface area contributed by atoms with E-state index >= 15 is 0 Å². The summed E-state index contributed by atoms with van der Waals surface area (Å²) in [5, 5.41) is 16.1. The fourth-order valence-corrected chi connectivity index (χ4v) is 8.73. The predicted molar refractivity (Wildman–Crippen MR) is 208 cm³/mol. The van der Waals surface area contributed by atoms with Crippen LogP contribution >= 0.6 is 11.6 Å². The van der Waals surface area contributed by atoms with Crippen molar-refractivity contribution in [3.8, 4) is 11.8 Å². The van der Waals surface area contributed by atoms with Crippen molar-refractivity contribution >= 4 is 51.9 Å². The van der Waals surface area contributed by atoms with E-state index in [9.17, 15) is 19.2 Å². The molecule has 2 N–H and O–H groups in total. The summed E-state index contributed by atoms with van der Waals surface area (Å²) in [7, 11) is 0. The molecule has 4 heterocycles. The van der Waals surface area contributed by atoms with Crippen molar-refractivity contribution in [3.05, 3.63) is 94.1 Å². The summed E-state index contributed by atoms with van der Waals surface area (Å²) < 4.78 is 8.39. The Kier molecular flexibility index (Phi) is 10.5. The van der Waals surface area contributed by atoms with E-state index in [0.717, 1.165) is 79.3 Å². The third kappa shape index (κ3) is 7.90. The van der Waals surface area contributed by atoms with Gasteiger partial charge < -0.3 is 19.5 Å². The van der Waals surface area contributed by atoms with Gasteiger partial charge in [-0.3, -0.25) is 29.5 Å². The number of fused-ring (bicyclic) bond motifs is 2. The van der Waals surface area contributed by atoms with Gasteiger partial charge in [0, 0.05) is 74.4 Å². The number of aromatic nitrogens is 1. The van der Waals surface area contributed by atoms with E-state index in [2.05, 4.69) is 44.5 Å². The molecule has 55 heavy (non-hydrogen) atoms. The zero-order valence-corrected chi connectivity index (χ0v) is 31.4. The Morgan fingerprint density at radius 3 is 2.49 bits per heavy atom. The maximum atomic E-state index is 13.5. The molecule has 12 nitrogen and oxygen atoms in total. The number of urea groups is 1. The van der Waals surface area contributed by atoms with Crippen molar-refractivity contribution in [3.63, 3.8) is 0 Å². The molecule has 4 aliphatic rings. The lowest BCUT2D eigenvalue weighted by Crippen LogP contribution is -2.49. The number of piperidine rings is 1. The van der Waals surface area contributed by atoms with Crippen LogP contribution in [0.25, 0.3) is 10.9 Å². The van der Waals surface area contributed by atoms with Gasteiger partial charge in [0.2, 0.25) is 11.8 Å². The molecule has 8 rings (SSSR count). The maximum Gasteiger partial charge on any atom is 0.328 e. The summed E-state index contributed by atoms with van der Waals surface area (Å²) in [5.74, 6) is 0.456. The lowest BCUT2D eigenvalue weighted by atomic mass is 9.92. The highest BCUT2D eigenvalue weighted by atomic mass is 35.5. The number of carbonyl (C=O) groups is 4. The molecule has 4 aromatic rings. The maximum absolute atomic E-state index is 13.5. The van der Waals surface area contributed by atoms with E-state index in [1.807, 2.05) is 35.2 Å². The molecule has 3 aromatic carbocycles. The Labute approximate surface area is 324 Å². The van der Waals surface area contributed by atoms with E-state index in [-0.39, 0.29) is 48.4 Å². The van der Waals surface area contributed by atoms with E-state index in [4.69, 9.17) is 21.6 Å². The standard InChI is InChI=1S/C42H44ClN7O5/c43-36-23-34(9-6-29(36)24-44)55-33-10-7-31(8-11-33)45-41(53)28-4-5-30-25-48(19-12-27(30)22-28)40(52)26-47-17-13-32(14-18-47)49-20-15-35-37(49)2-1-3-38(35)50-21-16-39(51)46-42(50)54/h1-6,9,15,20,22-23,31-33H,7-8,10-14,16-19,21,25-26H2,(H,45,53)(H,46,51,54). The number of rotatable bonds is 8. The molecule has 1 aromatic heterocycles. The molecule has 0 atom stereocenters. The van der Waals surface area contributed by atoms with Crippen molar-refractivity contribution in [2.24, 2.45) is 0 Å². The zero-order valence-electron chi connectivity index (χ0n) is 30.6. The highest BCUT2D eigenvalue weighted by Gasteiger charge is 2.30. The largest absolute Gasteiger partial charge is 0.490 e. The fraction of sp³-hybridized carbons (Fsp3) is 0.405. The van der Waals surface area contributed by atoms with Crippen LogP contribution in [0.1, 0.15) is 78.0 Å². The van der Waals surface area contributed by atoms with Crippen molar-refractivity contribution < 1.29 is 23.9 Å². The molecular weight excluding hydrogens is 718 g/mol. The molecular formula is C42H44ClN7O5. The summed E-state index contributed by atoms with van der Waals surface area (Å²) in [6.07, 6.45) is 8.20. The number of nitrogens with zero attached hydrogens (tertiary/aromatic N) is 5. The number of nitriles is 1. The first-order chi connectivity index (χ1) is 26.7. The van der Waals surface area contributed by atoms with Crippen LogP contribution in [0.5, 0.6) is 5.75 Å². The Morgan fingerprint density at radius 2 is 1.73 bits per heavy atom. The smallest absolute Gasteiger partial charge is 0.328 e. The van der Waals surface area contributed by atoms with Crippen LogP contribution in [0.15, 0.2) is 66.9 Å². The predicted octanol–water partition coefficient (Wildman–Crippen LogP) is 5.95. The van der Waals surface area contributed by atoms with Gasteiger partial charge in [-0.25, -0.2) is 4.79 Å². The Balaban J connectivity index is 0.797. The molecule has 2 saturated heterocycles. The van der Waals surface area contributed by atoms with Crippen LogP contribution in [0.2, 0.25) is 5.02 Å². The highest BCUT2D eigenvalue weighted by Crippen LogP contribution is 2.34. The topological polar surface area (TPSA) is 140 Å². The molecule has 1 saturated carbocycles. The van der Waals surface area contributed by atoms with Crippen LogP contribution in [0, 0.1) is 11.3 Å². The molecule has 1 aliphatic carbocycles. The minimum absolute atomic E-state index is 0.0336. The minimum atomic E-state index is -0.384. The number of hydrogen-bond acceptors (Lipinski definition) is 7. The Morgan fingerprint density at radius 1 is 0.909 bits per heavy atom. The summed E-state index contributed by atoms with van der Waals surface area (Å²) in [5.41, 5.74) is 5.14. The van der Waals surface area contributed by atoms with E-state index in [1.54, 1.807) is 23.1 Å². The quantitative estimate of drug-likeness (QED) is 0.226. The van der Waals surface area contributed by atoms with Crippen LogP contribution in [0.3, 0.4) is 0 Å². The first-order valence-corrected chi connectivity index (χ1v) is 19.6. The zero-order chi connectivity index (χ0) is 38.1. The molecule has 0 unspecified atom stereocenters. The number of carbonyl (C=O) groups excluding carboxylic acids is 4. The van der Waals surface area contributed by atoms with Gasteiger partial charge in [0.15, 0.2) is 0 Å². The van der Waals surface area contributed by atoms with Gasteiger partial charge >= 0.3 is 6.03 Å². The summed E-state index contributed by atoms with van der Waals surface area (Å²) in [6.45, 7) is 3.55.